The normalized spacial score (nSPS) is 20.9. The van der Waals surface area contributed by atoms with Crippen molar-refractivity contribution < 1.29 is 44.2 Å². The van der Waals surface area contributed by atoms with Gasteiger partial charge in [0.1, 0.15) is 30.5 Å². The molecule has 1 rings (SSSR count). The van der Waals surface area contributed by atoms with Crippen LogP contribution in [0.1, 0.15) is 200 Å². The highest BCUT2D eigenvalue weighted by Gasteiger charge is 2.44. The molecule has 0 radical (unpaired) electrons. The molecule has 1 aliphatic rings. The fraction of sp³-hybridized carbons (Fsp3) is 0.891. The lowest BCUT2D eigenvalue weighted by Gasteiger charge is -2.39. The molecule has 324 valence electrons. The molecule has 1 fully saturated rings. The van der Waals surface area contributed by atoms with Gasteiger partial charge in [0.15, 0.2) is 6.29 Å². The lowest BCUT2D eigenvalue weighted by molar-refractivity contribution is -0.305. The van der Waals surface area contributed by atoms with Gasteiger partial charge in [0.05, 0.1) is 19.8 Å². The number of rotatable bonds is 39. The van der Waals surface area contributed by atoms with Crippen LogP contribution in [0.2, 0.25) is 0 Å². The molecule has 6 atom stereocenters. The fourth-order valence-electron chi connectivity index (χ4n) is 6.99. The van der Waals surface area contributed by atoms with Gasteiger partial charge in [0.25, 0.3) is 0 Å². The van der Waals surface area contributed by atoms with E-state index in [1.54, 1.807) is 0 Å². The van der Waals surface area contributed by atoms with Crippen LogP contribution in [0.3, 0.4) is 0 Å². The van der Waals surface area contributed by atoms with E-state index in [0.717, 1.165) is 57.8 Å². The number of unbranched alkanes of at least 4 members (excludes halogenated alkanes) is 24. The first-order chi connectivity index (χ1) is 26.9. The second kappa shape index (κ2) is 38.2. The highest BCUT2D eigenvalue weighted by atomic mass is 16.7. The first-order valence-electron chi connectivity index (χ1n) is 22.9. The Kier molecular flexibility index (Phi) is 35.9. The summed E-state index contributed by atoms with van der Waals surface area (Å²) >= 11 is 0. The third-order valence-corrected chi connectivity index (χ3v) is 10.6. The average Bonchev–Trinajstić information content (AvgIpc) is 3.18. The predicted octanol–water partition coefficient (Wildman–Crippen LogP) is 10.2. The Morgan fingerprint density at radius 2 is 1.05 bits per heavy atom. The number of hydrogen-bond acceptors (Lipinski definition) is 9. The van der Waals surface area contributed by atoms with Crippen LogP contribution in [-0.2, 0) is 23.7 Å². The largest absolute Gasteiger partial charge is 0.457 e. The number of aliphatic hydroxyl groups excluding tert-OH is 4. The molecular weight excluding hydrogens is 696 g/mol. The minimum Gasteiger partial charge on any atom is -0.457 e. The quantitative estimate of drug-likeness (QED) is 0.0273. The maximum atomic E-state index is 12.8. The summed E-state index contributed by atoms with van der Waals surface area (Å²) in [5.74, 6) is -0.324. The fourth-order valence-corrected chi connectivity index (χ4v) is 6.99. The molecule has 0 saturated carbocycles. The Hall–Kier alpha value is -1.33. The summed E-state index contributed by atoms with van der Waals surface area (Å²) < 4.78 is 22.8. The van der Waals surface area contributed by atoms with Gasteiger partial charge in [-0.1, -0.05) is 173 Å². The number of aliphatic hydroxyl groups is 4. The molecule has 4 N–H and O–H groups in total. The van der Waals surface area contributed by atoms with Gasteiger partial charge in [-0.15, -0.1) is 0 Å². The van der Waals surface area contributed by atoms with Crippen LogP contribution in [0.4, 0.5) is 0 Å². The number of allylic oxidation sites excluding steroid dienone is 4. The van der Waals surface area contributed by atoms with Crippen LogP contribution >= 0.6 is 0 Å². The van der Waals surface area contributed by atoms with Gasteiger partial charge in [-0.05, 0) is 44.9 Å². The van der Waals surface area contributed by atoms with Crippen molar-refractivity contribution in [3.63, 3.8) is 0 Å². The molecule has 55 heavy (non-hydrogen) atoms. The van der Waals surface area contributed by atoms with Gasteiger partial charge in [-0.2, -0.15) is 0 Å². The summed E-state index contributed by atoms with van der Waals surface area (Å²) in [5, 5.41) is 40.1. The van der Waals surface area contributed by atoms with E-state index >= 15 is 0 Å². The zero-order valence-electron chi connectivity index (χ0n) is 35.4. The van der Waals surface area contributed by atoms with Crippen LogP contribution in [0, 0.1) is 0 Å². The van der Waals surface area contributed by atoms with Crippen LogP contribution in [0.25, 0.3) is 0 Å². The molecule has 0 amide bonds. The van der Waals surface area contributed by atoms with Crippen LogP contribution in [0.5, 0.6) is 0 Å². The summed E-state index contributed by atoms with van der Waals surface area (Å²) in [5.41, 5.74) is 0. The lowest BCUT2D eigenvalue weighted by atomic mass is 9.99. The Morgan fingerprint density at radius 1 is 0.582 bits per heavy atom. The second-order valence-corrected chi connectivity index (χ2v) is 15.9. The molecule has 1 saturated heterocycles. The number of ether oxygens (including phenoxy) is 4. The zero-order chi connectivity index (χ0) is 40.0. The Labute approximate surface area is 337 Å². The summed E-state index contributed by atoms with van der Waals surface area (Å²) in [4.78, 5) is 12.8. The summed E-state index contributed by atoms with van der Waals surface area (Å²) in [6.45, 7) is 4.55. The molecule has 6 unspecified atom stereocenters. The summed E-state index contributed by atoms with van der Waals surface area (Å²) in [6, 6.07) is 0. The monoisotopic (exact) mass is 783 g/mol. The average molecular weight is 783 g/mol. The molecule has 0 bridgehead atoms. The van der Waals surface area contributed by atoms with Crippen LogP contribution < -0.4 is 0 Å². The van der Waals surface area contributed by atoms with Gasteiger partial charge >= 0.3 is 5.97 Å². The number of carbonyl (C=O) groups is 1. The third-order valence-electron chi connectivity index (χ3n) is 10.6. The maximum Gasteiger partial charge on any atom is 0.306 e. The van der Waals surface area contributed by atoms with Crippen molar-refractivity contribution in [2.45, 2.75) is 237 Å². The van der Waals surface area contributed by atoms with E-state index in [2.05, 4.69) is 38.2 Å². The number of esters is 1. The van der Waals surface area contributed by atoms with Crippen molar-refractivity contribution in [1.82, 2.24) is 0 Å². The van der Waals surface area contributed by atoms with E-state index in [4.69, 9.17) is 18.9 Å². The topological polar surface area (TPSA) is 135 Å². The van der Waals surface area contributed by atoms with E-state index in [9.17, 15) is 25.2 Å². The van der Waals surface area contributed by atoms with Gasteiger partial charge in [-0.3, -0.25) is 4.79 Å². The van der Waals surface area contributed by atoms with Gasteiger partial charge in [0.2, 0.25) is 0 Å². The van der Waals surface area contributed by atoms with Crippen molar-refractivity contribution in [3.05, 3.63) is 24.3 Å². The van der Waals surface area contributed by atoms with E-state index in [-0.39, 0.29) is 19.2 Å². The minimum absolute atomic E-state index is 0.115. The molecule has 0 aromatic rings. The van der Waals surface area contributed by atoms with E-state index in [0.29, 0.717) is 13.0 Å². The SMILES string of the molecule is CCCCCC/C=C\C/C=C\CCCCCCCC(=O)OC(COCCCCCCCCCCCCCCCCCC)COC1OC(CO)C(O)C(O)C1O. The molecule has 1 aliphatic heterocycles. The van der Waals surface area contributed by atoms with Crippen molar-refractivity contribution in [3.8, 4) is 0 Å². The molecule has 1 heterocycles. The molecule has 0 spiro atoms. The number of carbonyl (C=O) groups excluding carboxylic acids is 1. The second-order valence-electron chi connectivity index (χ2n) is 15.9. The molecule has 9 heteroatoms. The molecule has 0 aromatic carbocycles. The molecular formula is C46H86O9. The lowest BCUT2D eigenvalue weighted by Crippen LogP contribution is -2.59. The van der Waals surface area contributed by atoms with Crippen molar-refractivity contribution in [1.29, 1.82) is 0 Å². The van der Waals surface area contributed by atoms with Gasteiger partial charge in [-0.25, -0.2) is 0 Å². The predicted molar refractivity (Wildman–Crippen MR) is 224 cm³/mol. The third kappa shape index (κ3) is 29.5. The van der Waals surface area contributed by atoms with Crippen molar-refractivity contribution in [2.24, 2.45) is 0 Å². The first kappa shape index (κ1) is 51.7. The summed E-state index contributed by atoms with van der Waals surface area (Å²) in [6.07, 6.45) is 36.3. The number of hydrogen-bond donors (Lipinski definition) is 4. The van der Waals surface area contributed by atoms with E-state index < -0.39 is 43.4 Å². The molecule has 0 aromatic heterocycles. The maximum absolute atomic E-state index is 12.8. The molecule has 9 nitrogen and oxygen atoms in total. The Morgan fingerprint density at radius 3 is 1.58 bits per heavy atom. The Bertz CT molecular complexity index is 895. The van der Waals surface area contributed by atoms with Crippen molar-refractivity contribution in [2.75, 3.05) is 26.4 Å². The Balaban J connectivity index is 2.26. The van der Waals surface area contributed by atoms with Crippen LogP contribution in [0.15, 0.2) is 24.3 Å². The van der Waals surface area contributed by atoms with Crippen LogP contribution in [-0.4, -0.2) is 89.6 Å². The van der Waals surface area contributed by atoms with Crippen molar-refractivity contribution >= 4 is 5.97 Å². The first-order valence-corrected chi connectivity index (χ1v) is 22.9. The smallest absolute Gasteiger partial charge is 0.306 e. The highest BCUT2D eigenvalue weighted by Crippen LogP contribution is 2.22. The van der Waals surface area contributed by atoms with E-state index in [1.165, 1.54) is 122 Å². The highest BCUT2D eigenvalue weighted by molar-refractivity contribution is 5.69. The zero-order valence-corrected chi connectivity index (χ0v) is 35.4. The van der Waals surface area contributed by atoms with Gasteiger partial charge in [0, 0.05) is 13.0 Å². The minimum atomic E-state index is -1.54. The van der Waals surface area contributed by atoms with Gasteiger partial charge < -0.3 is 39.4 Å². The molecule has 0 aliphatic carbocycles. The summed E-state index contributed by atoms with van der Waals surface area (Å²) in [7, 11) is 0. The van der Waals surface area contributed by atoms with E-state index in [1.807, 2.05) is 0 Å². The standard InChI is InChI=1S/C46H86O9/c1-3-5-7-9-11-13-15-17-19-21-23-25-27-29-31-33-35-42(48)54-40(39-53-46-45(51)44(50)43(49)41(37-47)55-46)38-52-36-34-32-30-28-26-24-22-20-18-16-14-12-10-8-6-4-2/h13,15,19,21,40-41,43-47,49-51H,3-12,14,16-18,20,22-39H2,1-2H3/b15-13-,21-19-.